The van der Waals surface area contributed by atoms with Crippen LogP contribution in [0.15, 0.2) is 53.0 Å². The highest BCUT2D eigenvalue weighted by molar-refractivity contribution is 9.10. The molecular weight excluding hydrogens is 446 g/mol. The molecule has 2 aromatic rings. The molecule has 0 saturated carbocycles. The standard InChI is InChI=1S/C23H28BrN3O3/c1-30-21-7-3-2-6-19(21)20(27-14-4-5-15-27)16-26-22(28)12-13-25-23(29)17-8-10-18(24)11-9-17/h2-3,6-11,20H,4-5,12-16H2,1H3,(H,25,29)(H,26,28). The minimum absolute atomic E-state index is 0.0740. The predicted molar refractivity (Wildman–Crippen MR) is 121 cm³/mol. The van der Waals surface area contributed by atoms with Gasteiger partial charge in [-0.15, -0.1) is 0 Å². The second-order valence-corrected chi connectivity index (χ2v) is 8.23. The van der Waals surface area contributed by atoms with Crippen molar-refractivity contribution in [2.45, 2.75) is 25.3 Å². The van der Waals surface area contributed by atoms with Gasteiger partial charge in [-0.05, 0) is 56.3 Å². The molecule has 2 N–H and O–H groups in total. The third-order valence-corrected chi connectivity index (χ3v) is 5.84. The molecule has 1 aliphatic heterocycles. The summed E-state index contributed by atoms with van der Waals surface area (Å²) in [6.45, 7) is 2.84. The molecule has 0 aliphatic carbocycles. The fourth-order valence-electron chi connectivity index (χ4n) is 3.72. The quantitative estimate of drug-likeness (QED) is 0.584. The summed E-state index contributed by atoms with van der Waals surface area (Å²) in [7, 11) is 1.67. The van der Waals surface area contributed by atoms with Crippen LogP contribution < -0.4 is 15.4 Å². The van der Waals surface area contributed by atoms with Gasteiger partial charge in [-0.25, -0.2) is 0 Å². The van der Waals surface area contributed by atoms with Crippen molar-refractivity contribution in [3.63, 3.8) is 0 Å². The van der Waals surface area contributed by atoms with E-state index in [2.05, 4.69) is 37.5 Å². The molecule has 1 atom stereocenters. The molecule has 160 valence electrons. The van der Waals surface area contributed by atoms with Gasteiger partial charge in [0.15, 0.2) is 0 Å². The largest absolute Gasteiger partial charge is 0.496 e. The van der Waals surface area contributed by atoms with Gasteiger partial charge in [0.05, 0.1) is 13.2 Å². The minimum Gasteiger partial charge on any atom is -0.496 e. The second kappa shape index (κ2) is 11.1. The van der Waals surface area contributed by atoms with Gasteiger partial charge in [-0.1, -0.05) is 34.1 Å². The lowest BCUT2D eigenvalue weighted by Crippen LogP contribution is -2.38. The monoisotopic (exact) mass is 473 g/mol. The molecule has 0 spiro atoms. The molecular formula is C23H28BrN3O3. The summed E-state index contributed by atoms with van der Waals surface area (Å²) in [6, 6.07) is 15.2. The van der Waals surface area contributed by atoms with Crippen molar-refractivity contribution < 1.29 is 14.3 Å². The first-order valence-corrected chi connectivity index (χ1v) is 11.0. The highest BCUT2D eigenvalue weighted by Gasteiger charge is 2.26. The van der Waals surface area contributed by atoms with E-state index < -0.39 is 0 Å². The number of hydrogen-bond acceptors (Lipinski definition) is 4. The van der Waals surface area contributed by atoms with E-state index in [0.29, 0.717) is 18.7 Å². The summed E-state index contributed by atoms with van der Waals surface area (Å²) in [5.41, 5.74) is 1.66. The number of rotatable bonds is 9. The zero-order valence-corrected chi connectivity index (χ0v) is 18.8. The molecule has 0 radical (unpaired) electrons. The van der Waals surface area contributed by atoms with Gasteiger partial charge in [0.1, 0.15) is 5.75 Å². The van der Waals surface area contributed by atoms with Gasteiger partial charge in [0.2, 0.25) is 5.91 Å². The lowest BCUT2D eigenvalue weighted by atomic mass is 10.0. The first-order chi connectivity index (χ1) is 14.6. The Morgan fingerprint density at radius 2 is 1.77 bits per heavy atom. The van der Waals surface area contributed by atoms with Crippen LogP contribution in [-0.2, 0) is 4.79 Å². The summed E-state index contributed by atoms with van der Waals surface area (Å²) in [5.74, 6) is 0.579. The predicted octanol–water partition coefficient (Wildman–Crippen LogP) is 3.53. The molecule has 7 heteroatoms. The maximum absolute atomic E-state index is 12.4. The molecule has 3 rings (SSSR count). The number of ether oxygens (including phenoxy) is 1. The van der Waals surface area contributed by atoms with Crippen molar-refractivity contribution >= 4 is 27.7 Å². The zero-order valence-electron chi connectivity index (χ0n) is 17.2. The van der Waals surface area contributed by atoms with Crippen LogP contribution in [0.5, 0.6) is 5.75 Å². The van der Waals surface area contributed by atoms with Crippen molar-refractivity contribution in [2.75, 3.05) is 33.3 Å². The zero-order chi connectivity index (χ0) is 21.3. The number of carbonyl (C=O) groups excluding carboxylic acids is 2. The molecule has 2 aromatic carbocycles. The SMILES string of the molecule is COc1ccccc1C(CNC(=O)CCNC(=O)c1ccc(Br)cc1)N1CCCC1. The van der Waals surface area contributed by atoms with Gasteiger partial charge < -0.3 is 15.4 Å². The topological polar surface area (TPSA) is 70.7 Å². The molecule has 1 unspecified atom stereocenters. The summed E-state index contributed by atoms with van der Waals surface area (Å²) < 4.78 is 6.46. The van der Waals surface area contributed by atoms with E-state index >= 15 is 0 Å². The summed E-state index contributed by atoms with van der Waals surface area (Å²) in [4.78, 5) is 26.9. The van der Waals surface area contributed by atoms with Gasteiger partial charge >= 0.3 is 0 Å². The number of hydrogen-bond donors (Lipinski definition) is 2. The Morgan fingerprint density at radius 3 is 2.47 bits per heavy atom. The van der Waals surface area contributed by atoms with Crippen molar-refractivity contribution in [1.29, 1.82) is 0 Å². The molecule has 6 nitrogen and oxygen atoms in total. The summed E-state index contributed by atoms with van der Waals surface area (Å²) >= 11 is 3.35. The Bertz CT molecular complexity index is 851. The van der Waals surface area contributed by atoms with Crippen LogP contribution in [0.4, 0.5) is 0 Å². The number of benzene rings is 2. The van der Waals surface area contributed by atoms with Crippen LogP contribution in [-0.4, -0.2) is 50.0 Å². The second-order valence-electron chi connectivity index (χ2n) is 7.32. The Kier molecular flexibility index (Phi) is 8.28. The Labute approximate surface area is 186 Å². The van der Waals surface area contributed by atoms with E-state index in [1.54, 1.807) is 19.2 Å². The fraction of sp³-hybridized carbons (Fsp3) is 0.391. The number of likely N-dealkylation sites (tertiary alicyclic amines) is 1. The van der Waals surface area contributed by atoms with E-state index in [0.717, 1.165) is 28.9 Å². The fourth-order valence-corrected chi connectivity index (χ4v) is 3.99. The van der Waals surface area contributed by atoms with Crippen molar-refractivity contribution in [3.8, 4) is 5.75 Å². The van der Waals surface area contributed by atoms with E-state index in [4.69, 9.17) is 4.74 Å². The highest BCUT2D eigenvalue weighted by Crippen LogP contribution is 2.31. The lowest BCUT2D eigenvalue weighted by molar-refractivity contribution is -0.121. The van der Waals surface area contributed by atoms with Crippen LogP contribution in [0.1, 0.15) is 41.2 Å². The molecule has 1 fully saturated rings. The van der Waals surface area contributed by atoms with Crippen molar-refractivity contribution in [2.24, 2.45) is 0 Å². The number of carbonyl (C=O) groups is 2. The van der Waals surface area contributed by atoms with Crippen LogP contribution in [0.25, 0.3) is 0 Å². The molecule has 30 heavy (non-hydrogen) atoms. The number of nitrogens with one attached hydrogen (secondary N) is 2. The Balaban J connectivity index is 1.51. The minimum atomic E-state index is -0.181. The lowest BCUT2D eigenvalue weighted by Gasteiger charge is -2.29. The summed E-state index contributed by atoms with van der Waals surface area (Å²) in [5, 5.41) is 5.83. The van der Waals surface area contributed by atoms with Crippen LogP contribution in [0, 0.1) is 0 Å². The smallest absolute Gasteiger partial charge is 0.251 e. The summed E-state index contributed by atoms with van der Waals surface area (Å²) in [6.07, 6.45) is 2.57. The van der Waals surface area contributed by atoms with E-state index in [1.165, 1.54) is 12.8 Å². The molecule has 1 saturated heterocycles. The molecule has 0 bridgehead atoms. The third-order valence-electron chi connectivity index (χ3n) is 5.32. The van der Waals surface area contributed by atoms with Gasteiger partial charge in [-0.3, -0.25) is 14.5 Å². The van der Waals surface area contributed by atoms with Gasteiger partial charge in [0, 0.05) is 35.1 Å². The maximum Gasteiger partial charge on any atom is 0.251 e. The Hall–Kier alpha value is -2.38. The van der Waals surface area contributed by atoms with Crippen LogP contribution >= 0.6 is 15.9 Å². The van der Waals surface area contributed by atoms with E-state index in [-0.39, 0.29) is 24.3 Å². The molecule has 1 heterocycles. The third kappa shape index (κ3) is 6.06. The molecule has 1 aliphatic rings. The number of para-hydroxylation sites is 1. The van der Waals surface area contributed by atoms with Crippen molar-refractivity contribution in [3.05, 3.63) is 64.1 Å². The maximum atomic E-state index is 12.4. The van der Waals surface area contributed by atoms with E-state index in [9.17, 15) is 9.59 Å². The normalized spacial score (nSPS) is 14.9. The van der Waals surface area contributed by atoms with Gasteiger partial charge in [-0.2, -0.15) is 0 Å². The van der Waals surface area contributed by atoms with E-state index in [1.807, 2.05) is 30.3 Å². The average Bonchev–Trinajstić information content (AvgIpc) is 3.29. The first-order valence-electron chi connectivity index (χ1n) is 10.3. The Morgan fingerprint density at radius 1 is 1.07 bits per heavy atom. The number of methoxy groups -OCH3 is 1. The molecule has 0 aromatic heterocycles. The van der Waals surface area contributed by atoms with Gasteiger partial charge in [0.25, 0.3) is 5.91 Å². The molecule has 2 amide bonds. The highest BCUT2D eigenvalue weighted by atomic mass is 79.9. The van der Waals surface area contributed by atoms with Crippen LogP contribution in [0.3, 0.4) is 0 Å². The average molecular weight is 474 g/mol. The number of halogens is 1. The first kappa shape index (κ1) is 22.3. The van der Waals surface area contributed by atoms with Crippen molar-refractivity contribution in [1.82, 2.24) is 15.5 Å². The number of amides is 2. The van der Waals surface area contributed by atoms with Crippen LogP contribution in [0.2, 0.25) is 0 Å². The number of nitrogens with zero attached hydrogens (tertiary/aromatic N) is 1.